The van der Waals surface area contributed by atoms with E-state index in [-0.39, 0.29) is 0 Å². The molecular weight excluding hydrogens is 218 g/mol. The van der Waals surface area contributed by atoms with Gasteiger partial charge in [0.05, 0.1) is 5.60 Å². The maximum atomic E-state index is 10.1. The number of hydrogen-bond acceptors (Lipinski definition) is 3. The summed E-state index contributed by atoms with van der Waals surface area (Å²) in [5, 5.41) is 13.6. The lowest BCUT2D eigenvalue weighted by Gasteiger charge is -2.34. The fourth-order valence-electron chi connectivity index (χ4n) is 2.84. The lowest BCUT2D eigenvalue weighted by Crippen LogP contribution is -2.46. The summed E-state index contributed by atoms with van der Waals surface area (Å²) in [5.41, 5.74) is -0.566. The fourth-order valence-corrected chi connectivity index (χ4v) is 3.56. The van der Waals surface area contributed by atoms with E-state index in [1.807, 2.05) is 13.2 Å². The minimum atomic E-state index is -0.566. The number of hydrogen-bond donors (Lipinski definition) is 2. The van der Waals surface area contributed by atoms with Crippen molar-refractivity contribution in [2.24, 2.45) is 11.8 Å². The Bertz CT molecular complexity index is 198. The van der Waals surface area contributed by atoms with Crippen molar-refractivity contribution in [3.05, 3.63) is 0 Å². The van der Waals surface area contributed by atoms with Crippen LogP contribution in [-0.4, -0.2) is 35.3 Å². The van der Waals surface area contributed by atoms with E-state index < -0.39 is 5.60 Å². The number of rotatable bonds is 5. The molecule has 96 valence electrons. The van der Waals surface area contributed by atoms with Crippen molar-refractivity contribution < 1.29 is 5.11 Å². The van der Waals surface area contributed by atoms with Gasteiger partial charge < -0.3 is 10.4 Å². The normalized spacial score (nSPS) is 34.7. The van der Waals surface area contributed by atoms with Crippen molar-refractivity contribution in [3.8, 4) is 0 Å². The Hall–Kier alpha value is 0.270. The van der Waals surface area contributed by atoms with E-state index in [1.54, 1.807) is 11.8 Å². The molecule has 0 aromatic carbocycles. The second kappa shape index (κ2) is 6.27. The second-order valence-electron chi connectivity index (χ2n) is 5.93. The minimum absolute atomic E-state index is 0.566. The zero-order valence-electron chi connectivity index (χ0n) is 11.1. The Morgan fingerprint density at radius 3 is 2.31 bits per heavy atom. The average molecular weight is 245 g/mol. The highest BCUT2D eigenvalue weighted by molar-refractivity contribution is 7.98. The van der Waals surface area contributed by atoms with Crippen LogP contribution in [0.2, 0.25) is 0 Å². The van der Waals surface area contributed by atoms with E-state index in [0.717, 1.165) is 24.1 Å². The molecule has 0 aromatic heterocycles. The molecule has 1 fully saturated rings. The van der Waals surface area contributed by atoms with Crippen LogP contribution in [0, 0.1) is 11.8 Å². The SMILES string of the molecule is CSCC(C)(O)CNC1CC(C)CC(C)C1. The summed E-state index contributed by atoms with van der Waals surface area (Å²) in [4.78, 5) is 0. The monoisotopic (exact) mass is 245 g/mol. The number of nitrogens with one attached hydrogen (secondary N) is 1. The van der Waals surface area contributed by atoms with E-state index in [4.69, 9.17) is 0 Å². The molecule has 0 aromatic rings. The van der Waals surface area contributed by atoms with Gasteiger partial charge in [-0.05, 0) is 44.3 Å². The van der Waals surface area contributed by atoms with Crippen molar-refractivity contribution in [2.45, 2.75) is 51.7 Å². The first-order valence-corrected chi connectivity index (χ1v) is 7.77. The topological polar surface area (TPSA) is 32.3 Å². The van der Waals surface area contributed by atoms with Crippen molar-refractivity contribution in [2.75, 3.05) is 18.6 Å². The summed E-state index contributed by atoms with van der Waals surface area (Å²) in [5.74, 6) is 2.45. The third-order valence-corrected chi connectivity index (χ3v) is 4.32. The van der Waals surface area contributed by atoms with Gasteiger partial charge in [0.15, 0.2) is 0 Å². The highest BCUT2D eigenvalue weighted by Gasteiger charge is 2.26. The van der Waals surface area contributed by atoms with E-state index in [2.05, 4.69) is 19.2 Å². The molecule has 0 amide bonds. The summed E-state index contributed by atoms with van der Waals surface area (Å²) < 4.78 is 0. The molecule has 2 nitrogen and oxygen atoms in total. The minimum Gasteiger partial charge on any atom is -0.388 e. The van der Waals surface area contributed by atoms with E-state index in [9.17, 15) is 5.11 Å². The Kier molecular flexibility index (Phi) is 5.62. The first-order chi connectivity index (χ1) is 7.43. The quantitative estimate of drug-likeness (QED) is 0.780. The van der Waals surface area contributed by atoms with Gasteiger partial charge in [0, 0.05) is 18.3 Å². The molecule has 0 radical (unpaired) electrons. The van der Waals surface area contributed by atoms with E-state index in [0.29, 0.717) is 6.04 Å². The molecule has 0 heterocycles. The predicted octanol–water partition coefficient (Wildman–Crippen LogP) is 2.51. The van der Waals surface area contributed by atoms with Crippen molar-refractivity contribution in [3.63, 3.8) is 0 Å². The zero-order valence-corrected chi connectivity index (χ0v) is 11.9. The number of thioether (sulfide) groups is 1. The standard InChI is InChI=1S/C13H27NOS/c1-10-5-11(2)7-12(6-10)14-8-13(3,15)9-16-4/h10-12,14-15H,5-9H2,1-4H3. The van der Waals surface area contributed by atoms with Crippen LogP contribution in [0.15, 0.2) is 0 Å². The maximum absolute atomic E-state index is 10.1. The zero-order chi connectivity index (χ0) is 12.2. The molecule has 0 spiro atoms. The van der Waals surface area contributed by atoms with Crippen LogP contribution in [0.1, 0.15) is 40.0 Å². The smallest absolute Gasteiger partial charge is 0.0833 e. The molecule has 3 unspecified atom stereocenters. The second-order valence-corrected chi connectivity index (χ2v) is 6.79. The van der Waals surface area contributed by atoms with Crippen LogP contribution in [-0.2, 0) is 0 Å². The van der Waals surface area contributed by atoms with Crippen LogP contribution in [0.25, 0.3) is 0 Å². The summed E-state index contributed by atoms with van der Waals surface area (Å²) in [6.07, 6.45) is 5.93. The van der Waals surface area contributed by atoms with Crippen LogP contribution in [0.3, 0.4) is 0 Å². The summed E-state index contributed by atoms with van der Waals surface area (Å²) in [6, 6.07) is 0.604. The molecular formula is C13H27NOS. The molecule has 3 atom stereocenters. The van der Waals surface area contributed by atoms with Crippen LogP contribution >= 0.6 is 11.8 Å². The molecule has 0 saturated heterocycles. The van der Waals surface area contributed by atoms with Gasteiger partial charge >= 0.3 is 0 Å². The van der Waals surface area contributed by atoms with Gasteiger partial charge in [-0.1, -0.05) is 13.8 Å². The molecule has 0 aliphatic heterocycles. The Balaban J connectivity index is 2.31. The first-order valence-electron chi connectivity index (χ1n) is 6.37. The van der Waals surface area contributed by atoms with Gasteiger partial charge in [-0.25, -0.2) is 0 Å². The molecule has 1 rings (SSSR count). The third-order valence-electron chi connectivity index (χ3n) is 3.41. The highest BCUT2D eigenvalue weighted by Crippen LogP contribution is 2.28. The van der Waals surface area contributed by atoms with Gasteiger partial charge in [0.1, 0.15) is 0 Å². The van der Waals surface area contributed by atoms with Crippen LogP contribution in [0.4, 0.5) is 0 Å². The maximum Gasteiger partial charge on any atom is 0.0833 e. The third kappa shape index (κ3) is 5.07. The summed E-state index contributed by atoms with van der Waals surface area (Å²) in [6.45, 7) is 7.32. The predicted molar refractivity (Wildman–Crippen MR) is 73.0 cm³/mol. The Morgan fingerprint density at radius 2 is 1.81 bits per heavy atom. The molecule has 16 heavy (non-hydrogen) atoms. The molecule has 1 aliphatic carbocycles. The molecule has 3 heteroatoms. The summed E-state index contributed by atoms with van der Waals surface area (Å²) in [7, 11) is 0. The van der Waals surface area contributed by atoms with Gasteiger partial charge in [-0.3, -0.25) is 0 Å². The average Bonchev–Trinajstić information content (AvgIpc) is 2.13. The Labute approximate surface area is 105 Å². The van der Waals surface area contributed by atoms with Gasteiger partial charge in [-0.2, -0.15) is 11.8 Å². The largest absolute Gasteiger partial charge is 0.388 e. The lowest BCUT2D eigenvalue weighted by molar-refractivity contribution is 0.0761. The van der Waals surface area contributed by atoms with Crippen molar-refractivity contribution in [1.29, 1.82) is 0 Å². The van der Waals surface area contributed by atoms with E-state index >= 15 is 0 Å². The van der Waals surface area contributed by atoms with Crippen LogP contribution in [0.5, 0.6) is 0 Å². The molecule has 0 bridgehead atoms. The Morgan fingerprint density at radius 1 is 1.25 bits per heavy atom. The van der Waals surface area contributed by atoms with Gasteiger partial charge in [0.2, 0.25) is 0 Å². The highest BCUT2D eigenvalue weighted by atomic mass is 32.2. The molecule has 1 aliphatic rings. The van der Waals surface area contributed by atoms with Crippen molar-refractivity contribution >= 4 is 11.8 Å². The first kappa shape index (κ1) is 14.3. The molecule has 2 N–H and O–H groups in total. The summed E-state index contributed by atoms with van der Waals surface area (Å²) >= 11 is 1.71. The lowest BCUT2D eigenvalue weighted by atomic mass is 9.80. The van der Waals surface area contributed by atoms with Gasteiger partial charge in [-0.15, -0.1) is 0 Å². The van der Waals surface area contributed by atoms with Crippen LogP contribution < -0.4 is 5.32 Å². The van der Waals surface area contributed by atoms with E-state index in [1.165, 1.54) is 19.3 Å². The number of aliphatic hydroxyl groups is 1. The fraction of sp³-hybridized carbons (Fsp3) is 1.00. The van der Waals surface area contributed by atoms with Crippen molar-refractivity contribution in [1.82, 2.24) is 5.32 Å². The molecule has 1 saturated carbocycles. The van der Waals surface area contributed by atoms with Gasteiger partial charge in [0.25, 0.3) is 0 Å².